The zero-order valence-electron chi connectivity index (χ0n) is 11.8. The molecule has 0 radical (unpaired) electrons. The summed E-state index contributed by atoms with van der Waals surface area (Å²) in [6, 6.07) is 3.93. The third-order valence-electron chi connectivity index (χ3n) is 3.35. The first-order valence-corrected chi connectivity index (χ1v) is 6.19. The second-order valence-corrected chi connectivity index (χ2v) is 4.89. The number of nitrogens with zero attached hydrogens (tertiary/aromatic N) is 2. The van der Waals surface area contributed by atoms with Gasteiger partial charge in [-0.1, -0.05) is 13.8 Å². The molecule has 4 heteroatoms. The summed E-state index contributed by atoms with van der Waals surface area (Å²) in [5.74, 6) is 0.226. The minimum absolute atomic E-state index is 0.330. The third-order valence-corrected chi connectivity index (χ3v) is 3.35. The average Bonchev–Trinajstić information content (AvgIpc) is 2.37. The molecule has 18 heavy (non-hydrogen) atoms. The maximum Gasteiger partial charge on any atom is 0.339 e. The van der Waals surface area contributed by atoms with Crippen molar-refractivity contribution in [3.8, 4) is 0 Å². The van der Waals surface area contributed by atoms with Crippen LogP contribution in [0, 0.1) is 5.92 Å². The molecule has 1 unspecified atom stereocenters. The van der Waals surface area contributed by atoms with Gasteiger partial charge in [0.1, 0.15) is 0 Å². The molecule has 0 bridgehead atoms. The first-order chi connectivity index (χ1) is 8.47. The monoisotopic (exact) mass is 250 g/mol. The van der Waals surface area contributed by atoms with Crippen LogP contribution in [0.2, 0.25) is 0 Å². The summed E-state index contributed by atoms with van der Waals surface area (Å²) >= 11 is 0. The van der Waals surface area contributed by atoms with Crippen LogP contribution in [0.3, 0.4) is 0 Å². The zero-order valence-corrected chi connectivity index (χ0v) is 11.8. The lowest BCUT2D eigenvalue weighted by Crippen LogP contribution is -2.33. The van der Waals surface area contributed by atoms with Gasteiger partial charge in [-0.3, -0.25) is 9.88 Å². The Morgan fingerprint density at radius 3 is 2.67 bits per heavy atom. The predicted molar refractivity (Wildman–Crippen MR) is 71.3 cm³/mol. The van der Waals surface area contributed by atoms with Gasteiger partial charge in [0.25, 0.3) is 0 Å². The summed E-state index contributed by atoms with van der Waals surface area (Å²) in [4.78, 5) is 18.1. The number of methoxy groups -OCH3 is 1. The van der Waals surface area contributed by atoms with Gasteiger partial charge in [-0.2, -0.15) is 0 Å². The molecule has 0 aliphatic rings. The largest absolute Gasteiger partial charge is 0.465 e. The maximum absolute atomic E-state index is 11.6. The second-order valence-electron chi connectivity index (χ2n) is 4.89. The Kier molecular flexibility index (Phi) is 5.28. The van der Waals surface area contributed by atoms with Gasteiger partial charge >= 0.3 is 5.97 Å². The van der Waals surface area contributed by atoms with Crippen LogP contribution in [0.25, 0.3) is 0 Å². The number of aromatic nitrogens is 1. The lowest BCUT2D eigenvalue weighted by Gasteiger charge is -2.27. The van der Waals surface area contributed by atoms with Crippen LogP contribution in [0.4, 0.5) is 0 Å². The van der Waals surface area contributed by atoms with Gasteiger partial charge in [0.15, 0.2) is 0 Å². The molecule has 100 valence electrons. The standard InChI is InChI=1S/C14H22N2O2/c1-10(2)11(3)16(4)9-13-12(14(17)18-5)7-6-8-15-13/h6-8,10-11H,9H2,1-5H3. The smallest absolute Gasteiger partial charge is 0.339 e. The molecule has 1 rings (SSSR count). The molecule has 0 fully saturated rings. The number of ether oxygens (including phenoxy) is 1. The highest BCUT2D eigenvalue weighted by Gasteiger charge is 2.18. The van der Waals surface area contributed by atoms with E-state index in [1.165, 1.54) is 7.11 Å². The van der Waals surface area contributed by atoms with Crippen LogP contribution < -0.4 is 0 Å². The molecule has 0 aliphatic heterocycles. The van der Waals surface area contributed by atoms with Crippen molar-refractivity contribution in [1.82, 2.24) is 9.88 Å². The van der Waals surface area contributed by atoms with Crippen molar-refractivity contribution < 1.29 is 9.53 Å². The van der Waals surface area contributed by atoms with E-state index in [-0.39, 0.29) is 5.97 Å². The van der Waals surface area contributed by atoms with Crippen molar-refractivity contribution in [3.63, 3.8) is 0 Å². The fourth-order valence-electron chi connectivity index (χ4n) is 1.75. The highest BCUT2D eigenvalue weighted by molar-refractivity contribution is 5.90. The Morgan fingerprint density at radius 1 is 1.44 bits per heavy atom. The van der Waals surface area contributed by atoms with Crippen LogP contribution in [0.1, 0.15) is 36.8 Å². The molecule has 1 heterocycles. The minimum Gasteiger partial charge on any atom is -0.465 e. The van der Waals surface area contributed by atoms with Gasteiger partial charge in [0.2, 0.25) is 0 Å². The summed E-state index contributed by atoms with van der Waals surface area (Å²) in [7, 11) is 3.43. The van der Waals surface area contributed by atoms with E-state index >= 15 is 0 Å². The molecule has 0 spiro atoms. The molecule has 4 nitrogen and oxygen atoms in total. The predicted octanol–water partition coefficient (Wildman–Crippen LogP) is 2.34. The van der Waals surface area contributed by atoms with Crippen molar-refractivity contribution in [3.05, 3.63) is 29.6 Å². The number of rotatable bonds is 5. The van der Waals surface area contributed by atoms with Crippen molar-refractivity contribution in [2.45, 2.75) is 33.4 Å². The van der Waals surface area contributed by atoms with Crippen molar-refractivity contribution >= 4 is 5.97 Å². The molecule has 0 saturated heterocycles. The first kappa shape index (κ1) is 14.6. The summed E-state index contributed by atoms with van der Waals surface area (Å²) in [5, 5.41) is 0. The van der Waals surface area contributed by atoms with Crippen molar-refractivity contribution in [2.75, 3.05) is 14.2 Å². The molecule has 0 aromatic carbocycles. The molecule has 1 aromatic heterocycles. The second kappa shape index (κ2) is 6.50. The summed E-state index contributed by atoms with van der Waals surface area (Å²) in [6.45, 7) is 7.18. The number of esters is 1. The summed E-state index contributed by atoms with van der Waals surface area (Å²) < 4.78 is 4.77. The Bertz CT molecular complexity index is 405. The van der Waals surface area contributed by atoms with E-state index in [4.69, 9.17) is 4.74 Å². The van der Waals surface area contributed by atoms with Gasteiger partial charge in [-0.15, -0.1) is 0 Å². The maximum atomic E-state index is 11.6. The van der Waals surface area contributed by atoms with E-state index in [2.05, 4.69) is 30.7 Å². The first-order valence-electron chi connectivity index (χ1n) is 6.19. The fraction of sp³-hybridized carbons (Fsp3) is 0.571. The van der Waals surface area contributed by atoms with E-state index in [0.717, 1.165) is 5.69 Å². The topological polar surface area (TPSA) is 42.4 Å². The highest BCUT2D eigenvalue weighted by atomic mass is 16.5. The summed E-state index contributed by atoms with van der Waals surface area (Å²) in [5.41, 5.74) is 1.31. The molecule has 0 saturated carbocycles. The Labute approximate surface area is 109 Å². The molecule has 0 aliphatic carbocycles. The van der Waals surface area contributed by atoms with Crippen molar-refractivity contribution in [1.29, 1.82) is 0 Å². The molecule has 1 aromatic rings. The molecule has 0 amide bonds. The molecule has 0 N–H and O–H groups in total. The minimum atomic E-state index is -0.330. The molecule has 1 atom stereocenters. The van der Waals surface area contributed by atoms with Crippen LogP contribution in [0.5, 0.6) is 0 Å². The lowest BCUT2D eigenvalue weighted by atomic mass is 10.0. The number of hydrogen-bond acceptors (Lipinski definition) is 4. The molecular formula is C14H22N2O2. The number of pyridine rings is 1. The van der Waals surface area contributed by atoms with Gasteiger partial charge in [0.05, 0.1) is 18.4 Å². The Balaban J connectivity index is 2.87. The van der Waals surface area contributed by atoms with Crippen molar-refractivity contribution in [2.24, 2.45) is 5.92 Å². The van der Waals surface area contributed by atoms with Gasteiger partial charge < -0.3 is 4.74 Å². The number of carbonyl (C=O) groups excluding carboxylic acids is 1. The highest BCUT2D eigenvalue weighted by Crippen LogP contribution is 2.14. The van der Waals surface area contributed by atoms with Crippen LogP contribution in [-0.2, 0) is 11.3 Å². The average molecular weight is 250 g/mol. The zero-order chi connectivity index (χ0) is 13.7. The van der Waals surface area contributed by atoms with Crippen LogP contribution in [-0.4, -0.2) is 36.1 Å². The Morgan fingerprint density at radius 2 is 2.11 bits per heavy atom. The van der Waals surface area contributed by atoms with Gasteiger partial charge in [-0.25, -0.2) is 4.79 Å². The van der Waals surface area contributed by atoms with Gasteiger partial charge in [-0.05, 0) is 32.0 Å². The summed E-state index contributed by atoms with van der Waals surface area (Å²) in [6.07, 6.45) is 1.70. The SMILES string of the molecule is COC(=O)c1cccnc1CN(C)C(C)C(C)C. The third kappa shape index (κ3) is 3.53. The number of hydrogen-bond donors (Lipinski definition) is 0. The van der Waals surface area contributed by atoms with E-state index in [1.54, 1.807) is 18.3 Å². The van der Waals surface area contributed by atoms with Crippen LogP contribution >= 0.6 is 0 Å². The van der Waals surface area contributed by atoms with Gasteiger partial charge in [0, 0.05) is 18.8 Å². The number of carbonyl (C=O) groups is 1. The lowest BCUT2D eigenvalue weighted by molar-refractivity contribution is 0.0597. The van der Waals surface area contributed by atoms with E-state index in [9.17, 15) is 4.79 Å². The fourth-order valence-corrected chi connectivity index (χ4v) is 1.75. The Hall–Kier alpha value is -1.42. The normalized spacial score (nSPS) is 12.8. The van der Waals surface area contributed by atoms with Crippen LogP contribution in [0.15, 0.2) is 18.3 Å². The van der Waals surface area contributed by atoms with E-state index in [0.29, 0.717) is 24.1 Å². The molecular weight excluding hydrogens is 228 g/mol. The van der Waals surface area contributed by atoms with E-state index < -0.39 is 0 Å². The quantitative estimate of drug-likeness (QED) is 0.752. The van der Waals surface area contributed by atoms with E-state index in [1.807, 2.05) is 7.05 Å².